The molecule has 1 unspecified atom stereocenters. The van der Waals surface area contributed by atoms with Crippen molar-refractivity contribution in [1.29, 1.82) is 0 Å². The van der Waals surface area contributed by atoms with Crippen LogP contribution in [-0.2, 0) is 9.53 Å². The zero-order valence-corrected chi connectivity index (χ0v) is 13.6. The molecule has 1 fully saturated rings. The molecular formula is C17H23NO4. The van der Waals surface area contributed by atoms with E-state index in [2.05, 4.69) is 0 Å². The average molecular weight is 305 g/mol. The number of hydrogen-bond donors (Lipinski definition) is 0. The van der Waals surface area contributed by atoms with E-state index >= 15 is 0 Å². The lowest BCUT2D eigenvalue weighted by molar-refractivity contribution is -0.123. The molecule has 2 rings (SSSR count). The number of nitrogens with zero attached hydrogens (tertiary/aromatic N) is 1. The van der Waals surface area contributed by atoms with Crippen LogP contribution in [0.2, 0.25) is 0 Å². The maximum atomic E-state index is 12.4. The van der Waals surface area contributed by atoms with Crippen LogP contribution >= 0.6 is 0 Å². The summed E-state index contributed by atoms with van der Waals surface area (Å²) >= 11 is 0. The predicted octanol–water partition coefficient (Wildman–Crippen LogP) is 2.99. The quantitative estimate of drug-likeness (QED) is 0.843. The number of ether oxygens (including phenoxy) is 2. The summed E-state index contributed by atoms with van der Waals surface area (Å²) in [5.41, 5.74) is 0.386. The minimum absolute atomic E-state index is 0.0327. The number of carbonyl (C=O) groups excluding carboxylic acids is 2. The normalized spacial score (nSPS) is 19.0. The maximum Gasteiger partial charge on any atom is 0.410 e. The van der Waals surface area contributed by atoms with Gasteiger partial charge in [-0.2, -0.15) is 0 Å². The number of methoxy groups -OCH3 is 1. The number of Topliss-reactive ketones (excluding diaryl/α,β-unsaturated/α-hetero) is 1. The van der Waals surface area contributed by atoms with Gasteiger partial charge < -0.3 is 14.4 Å². The van der Waals surface area contributed by atoms with Crippen molar-refractivity contribution < 1.29 is 19.1 Å². The van der Waals surface area contributed by atoms with Crippen LogP contribution in [0.5, 0.6) is 5.75 Å². The van der Waals surface area contributed by atoms with Gasteiger partial charge in [0.2, 0.25) is 0 Å². The molecule has 120 valence electrons. The van der Waals surface area contributed by atoms with Crippen molar-refractivity contribution >= 4 is 11.9 Å². The van der Waals surface area contributed by atoms with Crippen LogP contribution in [0.1, 0.15) is 38.7 Å². The van der Waals surface area contributed by atoms with Crippen molar-refractivity contribution in [3.63, 3.8) is 0 Å². The van der Waals surface area contributed by atoms with E-state index in [4.69, 9.17) is 9.47 Å². The largest absolute Gasteiger partial charge is 0.497 e. The summed E-state index contributed by atoms with van der Waals surface area (Å²) in [4.78, 5) is 25.9. The summed E-state index contributed by atoms with van der Waals surface area (Å²) in [6.45, 7) is 6.06. The van der Waals surface area contributed by atoms with Crippen LogP contribution in [0.15, 0.2) is 24.3 Å². The number of ketones is 1. The molecule has 0 aliphatic carbocycles. The third-order valence-corrected chi connectivity index (χ3v) is 3.57. The van der Waals surface area contributed by atoms with Crippen LogP contribution in [0.3, 0.4) is 0 Å². The predicted molar refractivity (Wildman–Crippen MR) is 83.2 cm³/mol. The van der Waals surface area contributed by atoms with E-state index in [0.717, 1.165) is 11.3 Å². The highest BCUT2D eigenvalue weighted by molar-refractivity contribution is 5.91. The third-order valence-electron chi connectivity index (χ3n) is 3.57. The molecular weight excluding hydrogens is 282 g/mol. The van der Waals surface area contributed by atoms with Gasteiger partial charge in [-0.15, -0.1) is 0 Å². The van der Waals surface area contributed by atoms with Crippen molar-refractivity contribution in [2.24, 2.45) is 0 Å². The van der Waals surface area contributed by atoms with E-state index < -0.39 is 11.7 Å². The highest BCUT2D eigenvalue weighted by Gasteiger charge is 2.32. The number of likely N-dealkylation sites (tertiary alicyclic amines) is 1. The fourth-order valence-electron chi connectivity index (χ4n) is 2.52. The first-order chi connectivity index (χ1) is 10.3. The number of piperidine rings is 1. The molecule has 1 aliphatic rings. The molecule has 0 radical (unpaired) electrons. The second-order valence-corrected chi connectivity index (χ2v) is 6.49. The average Bonchev–Trinajstić information content (AvgIpc) is 2.45. The molecule has 22 heavy (non-hydrogen) atoms. The second kappa shape index (κ2) is 6.38. The third kappa shape index (κ3) is 4.00. The first kappa shape index (κ1) is 16.3. The Balaban J connectivity index is 2.04. The molecule has 1 saturated heterocycles. The van der Waals surface area contributed by atoms with Gasteiger partial charge in [-0.25, -0.2) is 4.79 Å². The number of carbonyl (C=O) groups is 2. The molecule has 1 aromatic carbocycles. The number of amides is 1. The van der Waals surface area contributed by atoms with E-state index in [0.29, 0.717) is 13.0 Å². The molecule has 1 amide bonds. The topological polar surface area (TPSA) is 55.8 Å². The van der Waals surface area contributed by atoms with E-state index in [1.54, 1.807) is 7.11 Å². The monoisotopic (exact) mass is 305 g/mol. The minimum Gasteiger partial charge on any atom is -0.497 e. The Kier molecular flexibility index (Phi) is 4.74. The number of rotatable bonds is 2. The number of hydrogen-bond acceptors (Lipinski definition) is 4. The van der Waals surface area contributed by atoms with Crippen molar-refractivity contribution in [2.45, 2.75) is 38.7 Å². The molecule has 0 bridgehead atoms. The van der Waals surface area contributed by atoms with Crippen LogP contribution < -0.4 is 4.74 Å². The van der Waals surface area contributed by atoms with Gasteiger partial charge in [-0.1, -0.05) is 12.1 Å². The van der Waals surface area contributed by atoms with Gasteiger partial charge in [-0.3, -0.25) is 4.79 Å². The van der Waals surface area contributed by atoms with E-state index in [1.165, 1.54) is 4.90 Å². The highest BCUT2D eigenvalue weighted by atomic mass is 16.6. The Bertz CT molecular complexity index is 562. The van der Waals surface area contributed by atoms with Gasteiger partial charge in [0.1, 0.15) is 11.4 Å². The standard InChI is InChI=1S/C17H23NO4/c1-17(2,3)22-16(20)18-9-8-14(15(19)11-18)12-6-5-7-13(10-12)21-4/h5-7,10,14H,8-9,11H2,1-4H3. The van der Waals surface area contributed by atoms with Crippen LogP contribution in [-0.4, -0.2) is 42.6 Å². The van der Waals surface area contributed by atoms with E-state index in [-0.39, 0.29) is 18.2 Å². The Morgan fingerprint density at radius 3 is 2.64 bits per heavy atom. The zero-order valence-electron chi connectivity index (χ0n) is 13.6. The lowest BCUT2D eigenvalue weighted by atomic mass is 9.88. The first-order valence-corrected chi connectivity index (χ1v) is 7.45. The van der Waals surface area contributed by atoms with Crippen molar-refractivity contribution in [3.8, 4) is 5.75 Å². The molecule has 1 aromatic rings. The van der Waals surface area contributed by atoms with Gasteiger partial charge in [0.25, 0.3) is 0 Å². The smallest absolute Gasteiger partial charge is 0.410 e. The molecule has 5 heteroatoms. The molecule has 1 atom stereocenters. The van der Waals surface area contributed by atoms with Crippen molar-refractivity contribution in [1.82, 2.24) is 4.90 Å². The molecule has 5 nitrogen and oxygen atoms in total. The van der Waals surface area contributed by atoms with Crippen molar-refractivity contribution in [2.75, 3.05) is 20.2 Å². The molecule has 0 aromatic heterocycles. The lowest BCUT2D eigenvalue weighted by Gasteiger charge is -2.32. The summed E-state index contributed by atoms with van der Waals surface area (Å²) in [5, 5.41) is 0. The molecule has 0 saturated carbocycles. The Hall–Kier alpha value is -2.04. The Morgan fingerprint density at radius 1 is 1.32 bits per heavy atom. The van der Waals surface area contributed by atoms with Gasteiger partial charge in [0.15, 0.2) is 5.78 Å². The second-order valence-electron chi connectivity index (χ2n) is 6.49. The summed E-state index contributed by atoms with van der Waals surface area (Å²) < 4.78 is 10.5. The lowest BCUT2D eigenvalue weighted by Crippen LogP contribution is -2.45. The summed E-state index contributed by atoms with van der Waals surface area (Å²) in [7, 11) is 1.60. The number of benzene rings is 1. The molecule has 1 aliphatic heterocycles. The highest BCUT2D eigenvalue weighted by Crippen LogP contribution is 2.28. The van der Waals surface area contributed by atoms with Gasteiger partial charge in [0, 0.05) is 12.5 Å². The molecule has 1 heterocycles. The Morgan fingerprint density at radius 2 is 2.05 bits per heavy atom. The van der Waals surface area contributed by atoms with Crippen molar-refractivity contribution in [3.05, 3.63) is 29.8 Å². The maximum absolute atomic E-state index is 12.4. The van der Waals surface area contributed by atoms with Crippen LogP contribution in [0, 0.1) is 0 Å². The summed E-state index contributed by atoms with van der Waals surface area (Å²) in [5.74, 6) is 0.582. The van der Waals surface area contributed by atoms with E-state index in [9.17, 15) is 9.59 Å². The fraction of sp³-hybridized carbons (Fsp3) is 0.529. The SMILES string of the molecule is COc1cccc(C2CCN(C(=O)OC(C)(C)C)CC2=O)c1. The molecule has 0 N–H and O–H groups in total. The summed E-state index contributed by atoms with van der Waals surface area (Å²) in [6, 6.07) is 7.53. The minimum atomic E-state index is -0.552. The summed E-state index contributed by atoms with van der Waals surface area (Å²) in [6.07, 6.45) is 0.176. The fourth-order valence-corrected chi connectivity index (χ4v) is 2.52. The van der Waals surface area contributed by atoms with Gasteiger partial charge >= 0.3 is 6.09 Å². The van der Waals surface area contributed by atoms with Gasteiger partial charge in [-0.05, 0) is 44.9 Å². The zero-order chi connectivity index (χ0) is 16.3. The Labute approximate surface area is 131 Å². The molecule has 0 spiro atoms. The van der Waals surface area contributed by atoms with Crippen LogP contribution in [0.4, 0.5) is 4.79 Å². The van der Waals surface area contributed by atoms with Gasteiger partial charge in [0.05, 0.1) is 13.7 Å². The van der Waals surface area contributed by atoms with E-state index in [1.807, 2.05) is 45.0 Å². The van der Waals surface area contributed by atoms with Crippen LogP contribution in [0.25, 0.3) is 0 Å². The first-order valence-electron chi connectivity index (χ1n) is 7.45.